The van der Waals surface area contributed by atoms with Gasteiger partial charge in [-0.15, -0.1) is 0 Å². The quantitative estimate of drug-likeness (QED) is 0.803. The molecule has 0 aromatic heterocycles. The lowest BCUT2D eigenvalue weighted by Crippen LogP contribution is -2.20. The second-order valence-corrected chi connectivity index (χ2v) is 5.90. The molecule has 6 nitrogen and oxygen atoms in total. The maximum Gasteiger partial charge on any atom is 0.323 e. The summed E-state index contributed by atoms with van der Waals surface area (Å²) in [7, 11) is 3.05. The van der Waals surface area contributed by atoms with E-state index in [4.69, 9.17) is 4.74 Å². The number of hydrogen-bond donors (Lipinski definition) is 2. The van der Waals surface area contributed by atoms with E-state index in [1.54, 1.807) is 19.2 Å². The number of carbonyl (C=O) groups excluding carboxylic acids is 1. The number of hydrogen-bond acceptors (Lipinski definition) is 4. The highest BCUT2D eigenvalue weighted by atomic mass is 19.2. The zero-order chi connectivity index (χ0) is 20.3. The van der Waals surface area contributed by atoms with Gasteiger partial charge in [-0.05, 0) is 30.3 Å². The predicted octanol–water partition coefficient (Wildman–Crippen LogP) is 4.58. The number of hydrazone groups is 1. The Morgan fingerprint density at radius 3 is 2.39 bits per heavy atom. The Kier molecular flexibility index (Phi) is 5.53. The summed E-state index contributed by atoms with van der Waals surface area (Å²) in [5.41, 5.74) is 1.06. The van der Waals surface area contributed by atoms with Crippen molar-refractivity contribution in [2.24, 2.45) is 5.10 Å². The third kappa shape index (κ3) is 4.08. The number of methoxy groups -OCH3 is 1. The minimum atomic E-state index is -1.08. The van der Waals surface area contributed by atoms with Crippen LogP contribution >= 0.6 is 0 Å². The summed E-state index contributed by atoms with van der Waals surface area (Å²) in [4.78, 5) is 12.2. The summed E-state index contributed by atoms with van der Waals surface area (Å²) in [6, 6.07) is 7.01. The standard InChI is InChI=1S/C19H17F3N4O2/c1-26-18(15(21)7-8-23-26)13-9-11(4-6-17(13)28-2)24-19(27)25-12-3-5-14(20)16(22)10-12/h3-6,8-10H,7H2,1-2H3,(H2,24,25,27). The molecule has 146 valence electrons. The molecule has 0 aliphatic carbocycles. The van der Waals surface area contributed by atoms with Crippen LogP contribution in [0.1, 0.15) is 12.0 Å². The van der Waals surface area contributed by atoms with Crippen LogP contribution in [0.4, 0.5) is 29.3 Å². The minimum absolute atomic E-state index is 0.0527. The van der Waals surface area contributed by atoms with Crippen molar-refractivity contribution in [3.8, 4) is 5.75 Å². The minimum Gasteiger partial charge on any atom is -0.496 e. The van der Waals surface area contributed by atoms with Crippen LogP contribution in [0.15, 0.2) is 47.3 Å². The number of ether oxygens (including phenoxy) is 1. The lowest BCUT2D eigenvalue weighted by atomic mass is 10.1. The third-order valence-corrected chi connectivity index (χ3v) is 4.00. The second kappa shape index (κ2) is 8.03. The number of allylic oxidation sites excluding steroid dienone is 1. The van der Waals surface area contributed by atoms with E-state index in [2.05, 4.69) is 15.7 Å². The summed E-state index contributed by atoms with van der Waals surface area (Å²) >= 11 is 0. The number of rotatable bonds is 4. The fourth-order valence-electron chi connectivity index (χ4n) is 2.73. The predicted molar refractivity (Wildman–Crippen MR) is 101 cm³/mol. The molecule has 0 atom stereocenters. The van der Waals surface area contributed by atoms with Crippen molar-refractivity contribution in [1.82, 2.24) is 5.01 Å². The summed E-state index contributed by atoms with van der Waals surface area (Å²) in [6.07, 6.45) is 1.50. The number of anilines is 2. The third-order valence-electron chi connectivity index (χ3n) is 4.00. The molecule has 0 fully saturated rings. The van der Waals surface area contributed by atoms with E-state index in [0.717, 1.165) is 12.1 Å². The van der Waals surface area contributed by atoms with Crippen LogP contribution in [0.5, 0.6) is 5.75 Å². The number of amides is 2. The average molecular weight is 390 g/mol. The first kappa shape index (κ1) is 19.3. The molecule has 1 aliphatic rings. The van der Waals surface area contributed by atoms with Gasteiger partial charge in [0.15, 0.2) is 11.6 Å². The Labute approximate surface area is 159 Å². The van der Waals surface area contributed by atoms with Gasteiger partial charge in [0.1, 0.15) is 17.3 Å². The summed E-state index contributed by atoms with van der Waals surface area (Å²) in [6.45, 7) is 0. The van der Waals surface area contributed by atoms with Crippen LogP contribution in [-0.4, -0.2) is 31.4 Å². The Balaban J connectivity index is 1.83. The molecule has 0 saturated heterocycles. The van der Waals surface area contributed by atoms with Gasteiger partial charge >= 0.3 is 6.03 Å². The van der Waals surface area contributed by atoms with E-state index in [1.165, 1.54) is 30.5 Å². The zero-order valence-electron chi connectivity index (χ0n) is 15.1. The largest absolute Gasteiger partial charge is 0.496 e. The number of nitrogens with zero attached hydrogens (tertiary/aromatic N) is 2. The zero-order valence-corrected chi connectivity index (χ0v) is 15.1. The number of benzene rings is 2. The molecule has 1 heterocycles. The average Bonchev–Trinajstić information content (AvgIpc) is 2.65. The first-order valence-electron chi connectivity index (χ1n) is 8.25. The highest BCUT2D eigenvalue weighted by Crippen LogP contribution is 2.35. The molecular formula is C19H17F3N4O2. The lowest BCUT2D eigenvalue weighted by Gasteiger charge is -2.23. The number of urea groups is 1. The number of halogens is 3. The highest BCUT2D eigenvalue weighted by Gasteiger charge is 2.21. The van der Waals surface area contributed by atoms with Gasteiger partial charge in [0, 0.05) is 42.7 Å². The Bertz CT molecular complexity index is 976. The van der Waals surface area contributed by atoms with Crippen LogP contribution < -0.4 is 15.4 Å². The van der Waals surface area contributed by atoms with Gasteiger partial charge in [-0.3, -0.25) is 5.01 Å². The number of carbonyl (C=O) groups is 1. The summed E-state index contributed by atoms with van der Waals surface area (Å²) in [5, 5.41) is 10.4. The molecule has 2 amide bonds. The van der Waals surface area contributed by atoms with Crippen LogP contribution in [0.3, 0.4) is 0 Å². The van der Waals surface area contributed by atoms with Gasteiger partial charge in [0.25, 0.3) is 0 Å². The normalized spacial score (nSPS) is 13.5. The van der Waals surface area contributed by atoms with E-state index < -0.39 is 17.7 Å². The van der Waals surface area contributed by atoms with E-state index in [-0.39, 0.29) is 23.6 Å². The Morgan fingerprint density at radius 2 is 1.75 bits per heavy atom. The molecule has 0 saturated carbocycles. The molecule has 2 aromatic rings. The molecule has 0 unspecified atom stereocenters. The van der Waals surface area contributed by atoms with Crippen LogP contribution in [0.25, 0.3) is 5.70 Å². The van der Waals surface area contributed by atoms with E-state index >= 15 is 0 Å². The molecule has 1 aliphatic heterocycles. The molecule has 9 heteroatoms. The van der Waals surface area contributed by atoms with Crippen molar-refractivity contribution in [1.29, 1.82) is 0 Å². The summed E-state index contributed by atoms with van der Waals surface area (Å²) in [5.74, 6) is -2.08. The molecule has 0 radical (unpaired) electrons. The monoisotopic (exact) mass is 390 g/mol. The molecule has 2 N–H and O–H groups in total. The molecule has 0 bridgehead atoms. The second-order valence-electron chi connectivity index (χ2n) is 5.90. The molecular weight excluding hydrogens is 373 g/mol. The van der Waals surface area contributed by atoms with Crippen molar-refractivity contribution in [2.75, 3.05) is 24.8 Å². The first-order valence-corrected chi connectivity index (χ1v) is 8.25. The van der Waals surface area contributed by atoms with Crippen LogP contribution in [-0.2, 0) is 0 Å². The maximum absolute atomic E-state index is 14.4. The topological polar surface area (TPSA) is 66.0 Å². The Morgan fingerprint density at radius 1 is 1.07 bits per heavy atom. The van der Waals surface area contributed by atoms with E-state index in [9.17, 15) is 18.0 Å². The SMILES string of the molecule is COc1ccc(NC(=O)Nc2ccc(F)c(F)c2)cc1C1=C(F)CC=NN1C. The first-order chi connectivity index (χ1) is 13.4. The van der Waals surface area contributed by atoms with Gasteiger partial charge in [-0.25, -0.2) is 18.0 Å². The number of nitrogens with one attached hydrogen (secondary N) is 2. The van der Waals surface area contributed by atoms with Gasteiger partial charge in [0.05, 0.1) is 7.11 Å². The van der Waals surface area contributed by atoms with E-state index in [0.29, 0.717) is 17.0 Å². The van der Waals surface area contributed by atoms with Gasteiger partial charge in [-0.2, -0.15) is 5.10 Å². The van der Waals surface area contributed by atoms with Gasteiger partial charge in [-0.1, -0.05) is 0 Å². The van der Waals surface area contributed by atoms with E-state index in [1.807, 2.05) is 0 Å². The smallest absolute Gasteiger partial charge is 0.323 e. The van der Waals surface area contributed by atoms with Crippen LogP contribution in [0, 0.1) is 11.6 Å². The van der Waals surface area contributed by atoms with Crippen molar-refractivity contribution in [2.45, 2.75) is 6.42 Å². The fraction of sp³-hybridized carbons (Fsp3) is 0.158. The highest BCUT2D eigenvalue weighted by molar-refractivity contribution is 6.00. The summed E-state index contributed by atoms with van der Waals surface area (Å²) < 4.78 is 45.9. The molecule has 2 aromatic carbocycles. The lowest BCUT2D eigenvalue weighted by molar-refractivity contribution is 0.262. The molecule has 3 rings (SSSR count). The maximum atomic E-state index is 14.4. The van der Waals surface area contributed by atoms with Crippen molar-refractivity contribution in [3.63, 3.8) is 0 Å². The molecule has 28 heavy (non-hydrogen) atoms. The van der Waals surface area contributed by atoms with Crippen molar-refractivity contribution < 1.29 is 22.7 Å². The van der Waals surface area contributed by atoms with Crippen molar-refractivity contribution >= 4 is 29.3 Å². The van der Waals surface area contributed by atoms with Gasteiger partial charge < -0.3 is 15.4 Å². The van der Waals surface area contributed by atoms with Crippen LogP contribution in [0.2, 0.25) is 0 Å². The van der Waals surface area contributed by atoms with Gasteiger partial charge in [0.2, 0.25) is 0 Å². The van der Waals surface area contributed by atoms with Crippen molar-refractivity contribution in [3.05, 3.63) is 59.4 Å². The molecule has 0 spiro atoms. The Hall–Kier alpha value is -3.49. The fourth-order valence-corrected chi connectivity index (χ4v) is 2.73.